The molecule has 0 bridgehead atoms. The second kappa shape index (κ2) is 6.39. The maximum Gasteiger partial charge on any atom is 0.340 e. The van der Waals surface area contributed by atoms with E-state index in [0.29, 0.717) is 0 Å². The van der Waals surface area contributed by atoms with Crippen LogP contribution in [0.4, 0.5) is 5.69 Å². The van der Waals surface area contributed by atoms with Crippen LogP contribution in [-0.4, -0.2) is 39.6 Å². The minimum atomic E-state index is -3.99. The van der Waals surface area contributed by atoms with E-state index >= 15 is 0 Å². The van der Waals surface area contributed by atoms with Gasteiger partial charge in [0.2, 0.25) is 0 Å². The zero-order valence-electron chi connectivity index (χ0n) is 12.2. The number of methoxy groups -OCH3 is 1. The van der Waals surface area contributed by atoms with Gasteiger partial charge in [0.1, 0.15) is 4.21 Å². The Morgan fingerprint density at radius 3 is 2.48 bits per heavy atom. The van der Waals surface area contributed by atoms with Crippen LogP contribution in [0, 0.1) is 0 Å². The Morgan fingerprint density at radius 1 is 1.26 bits per heavy atom. The van der Waals surface area contributed by atoms with Crippen LogP contribution >= 0.6 is 11.3 Å². The van der Waals surface area contributed by atoms with E-state index in [0.717, 1.165) is 21.7 Å². The first-order valence-corrected chi connectivity index (χ1v) is 8.59. The van der Waals surface area contributed by atoms with Crippen LogP contribution in [0.5, 0.6) is 0 Å². The van der Waals surface area contributed by atoms with Crippen molar-refractivity contribution in [3.63, 3.8) is 0 Å². The number of benzene rings is 1. The highest BCUT2D eigenvalue weighted by Crippen LogP contribution is 2.29. The zero-order valence-corrected chi connectivity index (χ0v) is 13.8. The van der Waals surface area contributed by atoms with Gasteiger partial charge in [0, 0.05) is 12.4 Å². The maximum atomic E-state index is 12.6. The minimum Gasteiger partial charge on any atom is -0.478 e. The van der Waals surface area contributed by atoms with E-state index in [4.69, 9.17) is 5.11 Å². The van der Waals surface area contributed by atoms with Crippen LogP contribution in [0.2, 0.25) is 0 Å². The summed E-state index contributed by atoms with van der Waals surface area (Å²) < 4.78 is 30.7. The van der Waals surface area contributed by atoms with E-state index in [1.807, 2.05) is 0 Å². The molecule has 2 rings (SSSR count). The predicted molar refractivity (Wildman–Crippen MR) is 84.6 cm³/mol. The van der Waals surface area contributed by atoms with Gasteiger partial charge in [0.05, 0.1) is 23.9 Å². The Labute approximate surface area is 136 Å². The Balaban J connectivity index is 2.48. The molecule has 0 saturated heterocycles. The number of nitrogens with zero attached hydrogens (tertiary/aromatic N) is 1. The summed E-state index contributed by atoms with van der Waals surface area (Å²) in [6, 6.07) is 7.17. The normalized spacial score (nSPS) is 11.0. The number of hydrogen-bond acceptors (Lipinski definition) is 6. The van der Waals surface area contributed by atoms with Crippen molar-refractivity contribution in [1.29, 1.82) is 0 Å². The molecule has 0 spiro atoms. The van der Waals surface area contributed by atoms with Gasteiger partial charge in [-0.2, -0.15) is 0 Å². The topological polar surface area (TPSA) is 101 Å². The predicted octanol–water partition coefficient (Wildman–Crippen LogP) is 2.06. The van der Waals surface area contributed by atoms with E-state index in [1.165, 1.54) is 31.7 Å². The molecule has 1 N–H and O–H groups in total. The number of carbonyl (C=O) groups excluding carboxylic acids is 1. The van der Waals surface area contributed by atoms with Gasteiger partial charge in [0.15, 0.2) is 0 Å². The molecule has 0 saturated carbocycles. The third-order valence-electron chi connectivity index (χ3n) is 3.09. The molecule has 0 radical (unpaired) electrons. The highest BCUT2D eigenvalue weighted by Gasteiger charge is 2.27. The van der Waals surface area contributed by atoms with Crippen LogP contribution in [-0.2, 0) is 14.8 Å². The number of sulfonamides is 1. The molecule has 0 aliphatic rings. The molecule has 0 amide bonds. The standard InChI is InChI=1S/C14H13NO6S2/c1-15(11-6-4-3-5-10(11)14(18)21-2)23(19,20)12-7-9(8-22-12)13(16)17/h3-8H,1-2H3,(H,16,17). The number of carboxylic acid groups (broad SMARTS) is 1. The summed E-state index contributed by atoms with van der Waals surface area (Å²) in [5.41, 5.74) is 0.129. The van der Waals surface area contributed by atoms with Crippen molar-refractivity contribution >= 4 is 39.0 Å². The Morgan fingerprint density at radius 2 is 1.91 bits per heavy atom. The molecule has 9 heteroatoms. The Kier molecular flexibility index (Phi) is 4.71. The Bertz CT molecular complexity index is 856. The lowest BCUT2D eigenvalue weighted by atomic mass is 10.2. The highest BCUT2D eigenvalue weighted by atomic mass is 32.2. The summed E-state index contributed by atoms with van der Waals surface area (Å²) >= 11 is 0.801. The van der Waals surface area contributed by atoms with E-state index in [1.54, 1.807) is 12.1 Å². The molecule has 7 nitrogen and oxygen atoms in total. The number of thiophene rings is 1. The number of carboxylic acids is 1. The van der Waals surface area contributed by atoms with Gasteiger partial charge in [0.25, 0.3) is 10.0 Å². The number of anilines is 1. The van der Waals surface area contributed by atoms with Gasteiger partial charge in [-0.05, 0) is 18.2 Å². The first-order chi connectivity index (χ1) is 10.8. The first kappa shape index (κ1) is 17.0. The SMILES string of the molecule is COC(=O)c1ccccc1N(C)S(=O)(=O)c1cc(C(=O)O)cs1. The zero-order chi connectivity index (χ0) is 17.2. The molecule has 122 valence electrons. The first-order valence-electron chi connectivity index (χ1n) is 6.27. The van der Waals surface area contributed by atoms with Crippen molar-refractivity contribution in [1.82, 2.24) is 0 Å². The number of ether oxygens (including phenoxy) is 1. The van der Waals surface area contributed by atoms with Crippen molar-refractivity contribution in [3.8, 4) is 0 Å². The van der Waals surface area contributed by atoms with Crippen LogP contribution in [0.3, 0.4) is 0 Å². The van der Waals surface area contributed by atoms with Crippen molar-refractivity contribution in [3.05, 3.63) is 46.8 Å². The highest BCUT2D eigenvalue weighted by molar-refractivity contribution is 7.94. The summed E-state index contributed by atoms with van der Waals surface area (Å²) in [5, 5.41) is 10.2. The Hall–Kier alpha value is -2.39. The molecular formula is C14H13NO6S2. The summed E-state index contributed by atoms with van der Waals surface area (Å²) in [5.74, 6) is -1.87. The molecule has 1 aromatic carbocycles. The van der Waals surface area contributed by atoms with Gasteiger partial charge in [-0.1, -0.05) is 12.1 Å². The van der Waals surface area contributed by atoms with Crippen LogP contribution in [0.15, 0.2) is 39.9 Å². The average Bonchev–Trinajstić information content (AvgIpc) is 3.04. The molecule has 0 atom stereocenters. The third kappa shape index (κ3) is 3.20. The van der Waals surface area contributed by atoms with Crippen molar-refractivity contribution in [2.24, 2.45) is 0 Å². The molecule has 1 aromatic heterocycles. The lowest BCUT2D eigenvalue weighted by molar-refractivity contribution is 0.0600. The fraction of sp³-hybridized carbons (Fsp3) is 0.143. The molecular weight excluding hydrogens is 342 g/mol. The monoisotopic (exact) mass is 355 g/mol. The van der Waals surface area contributed by atoms with Gasteiger partial charge in [-0.25, -0.2) is 18.0 Å². The lowest BCUT2D eigenvalue weighted by Gasteiger charge is -2.20. The number of esters is 1. The summed E-state index contributed by atoms with van der Waals surface area (Å²) in [7, 11) is -1.50. The van der Waals surface area contributed by atoms with E-state index in [-0.39, 0.29) is 21.0 Å². The van der Waals surface area contributed by atoms with Gasteiger partial charge in [-0.15, -0.1) is 11.3 Å². The average molecular weight is 355 g/mol. The number of carbonyl (C=O) groups is 2. The van der Waals surface area contributed by atoms with Crippen LogP contribution < -0.4 is 4.31 Å². The van der Waals surface area contributed by atoms with E-state index < -0.39 is 22.0 Å². The van der Waals surface area contributed by atoms with Gasteiger partial charge < -0.3 is 9.84 Å². The minimum absolute atomic E-state index is 0.0936. The smallest absolute Gasteiger partial charge is 0.340 e. The largest absolute Gasteiger partial charge is 0.478 e. The quantitative estimate of drug-likeness (QED) is 0.824. The molecule has 0 unspecified atom stereocenters. The van der Waals surface area contributed by atoms with Gasteiger partial charge >= 0.3 is 11.9 Å². The number of rotatable bonds is 5. The lowest BCUT2D eigenvalue weighted by Crippen LogP contribution is -2.27. The second-order valence-corrected chi connectivity index (χ2v) is 7.55. The molecule has 0 aliphatic carbocycles. The molecule has 1 heterocycles. The van der Waals surface area contributed by atoms with Crippen LogP contribution in [0.1, 0.15) is 20.7 Å². The fourth-order valence-electron chi connectivity index (χ4n) is 1.86. The number of para-hydroxylation sites is 1. The van der Waals surface area contributed by atoms with Crippen LogP contribution in [0.25, 0.3) is 0 Å². The number of hydrogen-bond donors (Lipinski definition) is 1. The number of aromatic carboxylic acids is 1. The van der Waals surface area contributed by atoms with E-state index in [2.05, 4.69) is 4.74 Å². The fourth-order valence-corrected chi connectivity index (χ4v) is 4.40. The molecule has 2 aromatic rings. The van der Waals surface area contributed by atoms with Crippen molar-refractivity contribution < 1.29 is 27.9 Å². The van der Waals surface area contributed by atoms with Crippen molar-refractivity contribution in [2.75, 3.05) is 18.5 Å². The second-order valence-electron chi connectivity index (χ2n) is 4.44. The molecule has 23 heavy (non-hydrogen) atoms. The summed E-state index contributed by atoms with van der Waals surface area (Å²) in [6.45, 7) is 0. The van der Waals surface area contributed by atoms with E-state index in [9.17, 15) is 18.0 Å². The molecule has 0 aliphatic heterocycles. The third-order valence-corrected chi connectivity index (χ3v) is 6.27. The van der Waals surface area contributed by atoms with Gasteiger partial charge in [-0.3, -0.25) is 4.31 Å². The summed E-state index contributed by atoms with van der Waals surface area (Å²) in [6.07, 6.45) is 0. The summed E-state index contributed by atoms with van der Waals surface area (Å²) in [4.78, 5) is 22.7. The molecule has 0 fully saturated rings. The maximum absolute atomic E-state index is 12.6. The van der Waals surface area contributed by atoms with Crippen molar-refractivity contribution in [2.45, 2.75) is 4.21 Å².